The van der Waals surface area contributed by atoms with Crippen LogP contribution < -0.4 is 10.4 Å². The summed E-state index contributed by atoms with van der Waals surface area (Å²) in [7, 11) is 0. The highest BCUT2D eigenvalue weighted by molar-refractivity contribution is 6.31. The predicted molar refractivity (Wildman–Crippen MR) is 85.7 cm³/mol. The number of halogens is 2. The van der Waals surface area contributed by atoms with Crippen LogP contribution in [-0.4, -0.2) is 11.9 Å². The van der Waals surface area contributed by atoms with E-state index in [4.69, 9.17) is 23.2 Å². The van der Waals surface area contributed by atoms with E-state index in [9.17, 15) is 4.79 Å². The van der Waals surface area contributed by atoms with Gasteiger partial charge in [-0.1, -0.05) is 41.4 Å². The van der Waals surface area contributed by atoms with E-state index in [1.807, 2.05) is 31.2 Å². The quantitative estimate of drug-likeness (QED) is 0.906. The van der Waals surface area contributed by atoms with E-state index >= 15 is 0 Å². The molecular formula is C16H14Cl2N2O. The van der Waals surface area contributed by atoms with Crippen molar-refractivity contribution < 1.29 is 4.79 Å². The third kappa shape index (κ3) is 2.77. The molecule has 2 aromatic rings. The highest BCUT2D eigenvalue weighted by Crippen LogP contribution is 2.31. The van der Waals surface area contributed by atoms with E-state index in [1.54, 1.807) is 29.3 Å². The molecule has 1 amide bonds. The van der Waals surface area contributed by atoms with Gasteiger partial charge in [0, 0.05) is 16.1 Å². The zero-order valence-electron chi connectivity index (χ0n) is 11.4. The molecule has 1 fully saturated rings. The van der Waals surface area contributed by atoms with Gasteiger partial charge >= 0.3 is 0 Å². The zero-order valence-corrected chi connectivity index (χ0v) is 12.9. The molecule has 0 spiro atoms. The number of hydrogen-bond donors (Lipinski definition) is 1. The molecule has 0 aliphatic carbocycles. The summed E-state index contributed by atoms with van der Waals surface area (Å²) in [6, 6.07) is 14.6. The molecule has 3 nitrogen and oxygen atoms in total. The molecule has 0 saturated carbocycles. The Hall–Kier alpha value is -1.55. The van der Waals surface area contributed by atoms with Crippen molar-refractivity contribution in [2.45, 2.75) is 18.9 Å². The molecule has 108 valence electrons. The summed E-state index contributed by atoms with van der Waals surface area (Å²) in [6.07, 6.45) is 0. The maximum absolute atomic E-state index is 12.7. The monoisotopic (exact) mass is 320 g/mol. The topological polar surface area (TPSA) is 32.3 Å². The minimum atomic E-state index is -0.235. The SMILES string of the molecule is CC1NN(c2cccc(Cl)c2)C(=O)C1c1ccc(Cl)cc1. The number of hydrazine groups is 1. The minimum Gasteiger partial charge on any atom is -0.272 e. The Morgan fingerprint density at radius 3 is 2.43 bits per heavy atom. The van der Waals surface area contributed by atoms with Crippen LogP contribution in [0.3, 0.4) is 0 Å². The molecule has 5 heteroatoms. The van der Waals surface area contributed by atoms with Crippen LogP contribution in [-0.2, 0) is 4.79 Å². The van der Waals surface area contributed by atoms with Gasteiger partial charge in [0.25, 0.3) is 5.91 Å². The molecule has 1 saturated heterocycles. The van der Waals surface area contributed by atoms with Crippen molar-refractivity contribution in [2.24, 2.45) is 0 Å². The second-order valence-electron chi connectivity index (χ2n) is 5.10. The molecule has 1 aliphatic rings. The maximum Gasteiger partial charge on any atom is 0.250 e. The molecule has 3 rings (SSSR count). The number of nitrogens with zero attached hydrogens (tertiary/aromatic N) is 1. The normalized spacial score (nSPS) is 21.9. The van der Waals surface area contributed by atoms with Crippen LogP contribution in [0.1, 0.15) is 18.4 Å². The molecule has 0 radical (unpaired) electrons. The summed E-state index contributed by atoms with van der Waals surface area (Å²) in [5, 5.41) is 2.83. The van der Waals surface area contributed by atoms with E-state index in [1.165, 1.54) is 0 Å². The number of benzene rings is 2. The lowest BCUT2D eigenvalue weighted by Crippen LogP contribution is -2.36. The van der Waals surface area contributed by atoms with Crippen molar-refractivity contribution in [3.8, 4) is 0 Å². The Labute approximate surface area is 133 Å². The summed E-state index contributed by atoms with van der Waals surface area (Å²) in [5.41, 5.74) is 4.90. The highest BCUT2D eigenvalue weighted by Gasteiger charge is 2.39. The van der Waals surface area contributed by atoms with Crippen LogP contribution in [0, 0.1) is 0 Å². The van der Waals surface area contributed by atoms with Gasteiger partial charge in [-0.15, -0.1) is 0 Å². The van der Waals surface area contributed by atoms with Crippen molar-refractivity contribution in [1.82, 2.24) is 5.43 Å². The summed E-state index contributed by atoms with van der Waals surface area (Å²) in [4.78, 5) is 12.7. The number of rotatable bonds is 2. The summed E-state index contributed by atoms with van der Waals surface area (Å²) >= 11 is 11.9. The number of hydrogen-bond acceptors (Lipinski definition) is 2. The fourth-order valence-electron chi connectivity index (χ4n) is 2.61. The number of carbonyl (C=O) groups is 1. The summed E-state index contributed by atoms with van der Waals surface area (Å²) in [5.74, 6) is -0.228. The molecule has 21 heavy (non-hydrogen) atoms. The predicted octanol–water partition coefficient (Wildman–Crippen LogP) is 4.02. The Morgan fingerprint density at radius 2 is 1.76 bits per heavy atom. The molecule has 1 N–H and O–H groups in total. The van der Waals surface area contributed by atoms with E-state index in [2.05, 4.69) is 5.43 Å². The van der Waals surface area contributed by atoms with Crippen LogP contribution in [0.4, 0.5) is 5.69 Å². The number of carbonyl (C=O) groups excluding carboxylic acids is 1. The number of nitrogens with one attached hydrogen (secondary N) is 1. The first-order valence-electron chi connectivity index (χ1n) is 6.67. The van der Waals surface area contributed by atoms with Crippen molar-refractivity contribution in [3.63, 3.8) is 0 Å². The van der Waals surface area contributed by atoms with Crippen molar-refractivity contribution >= 4 is 34.8 Å². The standard InChI is InChI=1S/C16H14Cl2N2O/c1-10-15(11-5-7-12(17)8-6-11)16(21)20(19-10)14-4-2-3-13(18)9-14/h2-10,15,19H,1H3. The van der Waals surface area contributed by atoms with Crippen LogP contribution >= 0.6 is 23.2 Å². The maximum atomic E-state index is 12.7. The first-order valence-corrected chi connectivity index (χ1v) is 7.43. The van der Waals surface area contributed by atoms with Crippen LogP contribution in [0.25, 0.3) is 0 Å². The Morgan fingerprint density at radius 1 is 1.05 bits per heavy atom. The first kappa shape index (κ1) is 14.4. The summed E-state index contributed by atoms with van der Waals surface area (Å²) in [6.45, 7) is 1.99. The van der Waals surface area contributed by atoms with Gasteiger partial charge in [0.05, 0.1) is 11.6 Å². The first-order chi connectivity index (χ1) is 10.1. The Kier molecular flexibility index (Phi) is 3.89. The van der Waals surface area contributed by atoms with E-state index in [0.29, 0.717) is 10.0 Å². The highest BCUT2D eigenvalue weighted by atomic mass is 35.5. The average molecular weight is 321 g/mol. The lowest BCUT2D eigenvalue weighted by molar-refractivity contribution is -0.118. The Bertz CT molecular complexity index is 672. The second kappa shape index (κ2) is 5.68. The van der Waals surface area contributed by atoms with Crippen LogP contribution in [0.15, 0.2) is 48.5 Å². The molecule has 2 aromatic carbocycles. The van der Waals surface area contributed by atoms with Crippen molar-refractivity contribution in [2.75, 3.05) is 5.01 Å². The lowest BCUT2D eigenvalue weighted by atomic mass is 9.93. The van der Waals surface area contributed by atoms with Gasteiger partial charge in [0.15, 0.2) is 0 Å². The van der Waals surface area contributed by atoms with Crippen LogP contribution in [0.5, 0.6) is 0 Å². The number of anilines is 1. The molecule has 1 heterocycles. The molecule has 0 bridgehead atoms. The lowest BCUT2D eigenvalue weighted by Gasteiger charge is -2.16. The third-order valence-electron chi connectivity index (χ3n) is 3.61. The van der Waals surface area contributed by atoms with Gasteiger partial charge in [-0.3, -0.25) is 4.79 Å². The summed E-state index contributed by atoms with van der Waals surface area (Å²) < 4.78 is 0. The average Bonchev–Trinajstić information content (AvgIpc) is 2.75. The molecule has 0 aromatic heterocycles. The Balaban J connectivity index is 1.92. The van der Waals surface area contributed by atoms with Gasteiger partial charge in [0.1, 0.15) is 0 Å². The van der Waals surface area contributed by atoms with Gasteiger partial charge in [-0.2, -0.15) is 0 Å². The van der Waals surface area contributed by atoms with Crippen molar-refractivity contribution in [1.29, 1.82) is 0 Å². The minimum absolute atomic E-state index is 0.00217. The largest absolute Gasteiger partial charge is 0.272 e. The van der Waals surface area contributed by atoms with E-state index < -0.39 is 0 Å². The van der Waals surface area contributed by atoms with Crippen LogP contribution in [0.2, 0.25) is 10.0 Å². The van der Waals surface area contributed by atoms with E-state index in [-0.39, 0.29) is 17.9 Å². The van der Waals surface area contributed by atoms with E-state index in [0.717, 1.165) is 11.3 Å². The molecule has 2 atom stereocenters. The second-order valence-corrected chi connectivity index (χ2v) is 5.97. The van der Waals surface area contributed by atoms with Crippen molar-refractivity contribution in [3.05, 3.63) is 64.1 Å². The smallest absolute Gasteiger partial charge is 0.250 e. The number of amides is 1. The molecule has 1 aliphatic heterocycles. The van der Waals surface area contributed by atoms with Gasteiger partial charge in [-0.25, -0.2) is 10.4 Å². The third-order valence-corrected chi connectivity index (χ3v) is 4.10. The fourth-order valence-corrected chi connectivity index (χ4v) is 2.92. The van der Waals surface area contributed by atoms with Gasteiger partial charge in [0.2, 0.25) is 0 Å². The molecular weight excluding hydrogens is 307 g/mol. The van der Waals surface area contributed by atoms with Gasteiger partial charge in [-0.05, 0) is 42.8 Å². The van der Waals surface area contributed by atoms with Gasteiger partial charge < -0.3 is 0 Å². The molecule has 2 unspecified atom stereocenters. The zero-order chi connectivity index (χ0) is 15.0. The fraction of sp³-hybridized carbons (Fsp3) is 0.188.